The third-order valence-corrected chi connectivity index (χ3v) is 4.39. The minimum atomic E-state index is -0.593. The lowest BCUT2D eigenvalue weighted by Gasteiger charge is -2.16. The lowest BCUT2D eigenvalue weighted by atomic mass is 10.1. The molecule has 2 aliphatic heterocycles. The number of likely N-dealkylation sites (N-methyl/N-ethyl adjacent to an activating group) is 1. The summed E-state index contributed by atoms with van der Waals surface area (Å²) in [7, 11) is 2.95. The molecule has 0 bridgehead atoms. The predicted molar refractivity (Wildman–Crippen MR) is 89.9 cm³/mol. The summed E-state index contributed by atoms with van der Waals surface area (Å²) in [4.78, 5) is 39.2. The summed E-state index contributed by atoms with van der Waals surface area (Å²) in [5.74, 6) is -0.961. The van der Waals surface area contributed by atoms with Gasteiger partial charge in [0.2, 0.25) is 5.91 Å². The molecule has 0 saturated heterocycles. The van der Waals surface area contributed by atoms with Gasteiger partial charge in [-0.05, 0) is 17.7 Å². The van der Waals surface area contributed by atoms with Crippen LogP contribution >= 0.6 is 0 Å². The van der Waals surface area contributed by atoms with Crippen LogP contribution in [0.1, 0.15) is 5.56 Å². The van der Waals surface area contributed by atoms with Gasteiger partial charge in [0.25, 0.3) is 5.91 Å². The number of esters is 1. The number of amides is 2. The molecule has 0 radical (unpaired) electrons. The first-order valence-electron chi connectivity index (χ1n) is 7.84. The van der Waals surface area contributed by atoms with E-state index >= 15 is 0 Å². The van der Waals surface area contributed by atoms with Gasteiger partial charge in [-0.2, -0.15) is 0 Å². The second-order valence-corrected chi connectivity index (χ2v) is 5.89. The fraction of sp³-hybridized carbons (Fsp3) is 0.353. The zero-order valence-electron chi connectivity index (χ0n) is 14.0. The third kappa shape index (κ3) is 2.96. The average molecular weight is 345 g/mol. The Morgan fingerprint density at radius 2 is 2.12 bits per heavy atom. The summed E-state index contributed by atoms with van der Waals surface area (Å²) in [6.07, 6.45) is 0.353. The minimum absolute atomic E-state index is 0.00711. The van der Waals surface area contributed by atoms with Crippen LogP contribution in [-0.2, 0) is 25.5 Å². The molecule has 3 rings (SSSR count). The van der Waals surface area contributed by atoms with Crippen molar-refractivity contribution in [3.8, 4) is 0 Å². The zero-order chi connectivity index (χ0) is 18.1. The first-order valence-corrected chi connectivity index (χ1v) is 7.84. The lowest BCUT2D eigenvalue weighted by Crippen LogP contribution is -2.31. The normalized spacial score (nSPS) is 16.6. The Morgan fingerprint density at radius 3 is 2.80 bits per heavy atom. The molecular weight excluding hydrogens is 326 g/mol. The Hall–Kier alpha value is -2.87. The molecule has 0 spiro atoms. The molecule has 0 aromatic heterocycles. The van der Waals surface area contributed by atoms with Gasteiger partial charge in [0.05, 0.1) is 32.3 Å². The molecule has 132 valence electrons. The molecular formula is C17H19N3O5. The summed E-state index contributed by atoms with van der Waals surface area (Å²) in [5.41, 5.74) is 2.63. The number of methoxy groups -OCH3 is 1. The van der Waals surface area contributed by atoms with Crippen LogP contribution in [0.5, 0.6) is 0 Å². The van der Waals surface area contributed by atoms with E-state index in [2.05, 4.69) is 5.32 Å². The Morgan fingerprint density at radius 1 is 1.36 bits per heavy atom. The quantitative estimate of drug-likeness (QED) is 0.722. The molecule has 8 nitrogen and oxygen atoms in total. The van der Waals surface area contributed by atoms with E-state index in [1.807, 2.05) is 6.07 Å². The highest BCUT2D eigenvalue weighted by Gasteiger charge is 2.34. The van der Waals surface area contributed by atoms with Crippen LogP contribution in [0.15, 0.2) is 29.5 Å². The number of nitrogens with zero attached hydrogens (tertiary/aromatic N) is 2. The number of aliphatic hydroxyl groups is 1. The van der Waals surface area contributed by atoms with Gasteiger partial charge in [0, 0.05) is 25.0 Å². The number of β-amino-alcohol motifs (C(OH)–C–C–N with tert-alkyl or cyclic N) is 1. The Bertz CT molecular complexity index is 786. The Balaban J connectivity index is 1.91. The van der Waals surface area contributed by atoms with Gasteiger partial charge < -0.3 is 25.0 Å². The zero-order valence-corrected chi connectivity index (χ0v) is 14.0. The number of anilines is 2. The number of carbonyl (C=O) groups is 3. The molecule has 1 aromatic rings. The van der Waals surface area contributed by atoms with E-state index in [4.69, 9.17) is 9.84 Å². The van der Waals surface area contributed by atoms with Crippen molar-refractivity contribution in [1.29, 1.82) is 0 Å². The maximum Gasteiger partial charge on any atom is 0.337 e. The van der Waals surface area contributed by atoms with Crippen molar-refractivity contribution in [3.63, 3.8) is 0 Å². The van der Waals surface area contributed by atoms with Crippen molar-refractivity contribution in [2.45, 2.75) is 6.42 Å². The number of hydrogen-bond acceptors (Lipinski definition) is 6. The van der Waals surface area contributed by atoms with E-state index in [0.29, 0.717) is 12.1 Å². The summed E-state index contributed by atoms with van der Waals surface area (Å²) in [6, 6.07) is 5.35. The highest BCUT2D eigenvalue weighted by Crippen LogP contribution is 2.32. The monoisotopic (exact) mass is 345 g/mol. The van der Waals surface area contributed by atoms with E-state index < -0.39 is 5.97 Å². The van der Waals surface area contributed by atoms with Gasteiger partial charge >= 0.3 is 5.97 Å². The van der Waals surface area contributed by atoms with Crippen molar-refractivity contribution >= 4 is 29.2 Å². The van der Waals surface area contributed by atoms with Crippen LogP contribution in [0.4, 0.5) is 11.4 Å². The minimum Gasteiger partial charge on any atom is -0.466 e. The summed E-state index contributed by atoms with van der Waals surface area (Å²) in [5, 5.41) is 12.1. The number of carbonyl (C=O) groups excluding carboxylic acids is 3. The fourth-order valence-corrected chi connectivity index (χ4v) is 3.01. The summed E-state index contributed by atoms with van der Waals surface area (Å²) in [6.45, 7) is 0.0168. The Labute approximate surface area is 144 Å². The molecule has 2 heterocycles. The fourth-order valence-electron chi connectivity index (χ4n) is 3.01. The first kappa shape index (κ1) is 17.0. The van der Waals surface area contributed by atoms with E-state index in [1.165, 1.54) is 12.0 Å². The van der Waals surface area contributed by atoms with Crippen LogP contribution in [-0.4, -0.2) is 61.6 Å². The molecule has 0 atom stereocenters. The third-order valence-electron chi connectivity index (χ3n) is 4.39. The number of benzene rings is 1. The largest absolute Gasteiger partial charge is 0.466 e. The molecule has 0 unspecified atom stereocenters. The molecule has 2 amide bonds. The average Bonchev–Trinajstić information content (AvgIpc) is 3.06. The molecule has 0 aliphatic carbocycles. The number of nitrogens with one attached hydrogen (secondary N) is 1. The standard InChI is InChI=1S/C17H19N3O5/c1-19-13-8-11(4-3-10(13)7-14(19)22)18-15-12(17(24)25-2)9-20(5-6-21)16(15)23/h3-4,8,18,21H,5-7,9H2,1-2H3. The van der Waals surface area contributed by atoms with E-state index in [9.17, 15) is 14.4 Å². The van der Waals surface area contributed by atoms with Crippen LogP contribution in [0, 0.1) is 0 Å². The van der Waals surface area contributed by atoms with Crippen LogP contribution in [0.3, 0.4) is 0 Å². The lowest BCUT2D eigenvalue weighted by molar-refractivity contribution is -0.136. The number of ether oxygens (including phenoxy) is 1. The second kappa shape index (κ2) is 6.56. The molecule has 2 N–H and O–H groups in total. The van der Waals surface area contributed by atoms with E-state index in [1.54, 1.807) is 24.1 Å². The first-order chi connectivity index (χ1) is 12.0. The van der Waals surface area contributed by atoms with Crippen molar-refractivity contribution in [1.82, 2.24) is 4.90 Å². The SMILES string of the molecule is COC(=O)C1=C(Nc2ccc3c(c2)N(C)C(=O)C3)C(=O)N(CCO)C1. The molecule has 1 aromatic carbocycles. The molecule has 0 fully saturated rings. The molecule has 2 aliphatic rings. The molecule has 8 heteroatoms. The second-order valence-electron chi connectivity index (χ2n) is 5.89. The van der Waals surface area contributed by atoms with Crippen molar-refractivity contribution in [2.24, 2.45) is 0 Å². The van der Waals surface area contributed by atoms with Gasteiger partial charge in [-0.3, -0.25) is 9.59 Å². The maximum atomic E-state index is 12.5. The summed E-state index contributed by atoms with van der Waals surface area (Å²) < 4.78 is 4.75. The van der Waals surface area contributed by atoms with Crippen molar-refractivity contribution in [3.05, 3.63) is 35.0 Å². The van der Waals surface area contributed by atoms with E-state index in [-0.39, 0.29) is 42.8 Å². The van der Waals surface area contributed by atoms with Gasteiger partial charge in [-0.15, -0.1) is 0 Å². The van der Waals surface area contributed by atoms with Crippen LogP contribution in [0.2, 0.25) is 0 Å². The van der Waals surface area contributed by atoms with Gasteiger partial charge in [0.15, 0.2) is 0 Å². The highest BCUT2D eigenvalue weighted by atomic mass is 16.5. The molecule has 0 saturated carbocycles. The summed E-state index contributed by atoms with van der Waals surface area (Å²) >= 11 is 0. The number of fused-ring (bicyclic) bond motifs is 1. The predicted octanol–water partition coefficient (Wildman–Crippen LogP) is -0.121. The van der Waals surface area contributed by atoms with Crippen molar-refractivity contribution in [2.75, 3.05) is 44.1 Å². The Kier molecular flexibility index (Phi) is 4.45. The van der Waals surface area contributed by atoms with Crippen LogP contribution in [0.25, 0.3) is 0 Å². The van der Waals surface area contributed by atoms with Crippen LogP contribution < -0.4 is 10.2 Å². The van der Waals surface area contributed by atoms with Gasteiger partial charge in [-0.25, -0.2) is 4.79 Å². The molecule has 25 heavy (non-hydrogen) atoms. The van der Waals surface area contributed by atoms with E-state index in [0.717, 1.165) is 11.3 Å². The number of rotatable bonds is 5. The highest BCUT2D eigenvalue weighted by molar-refractivity contribution is 6.09. The number of hydrogen-bond donors (Lipinski definition) is 2. The number of aliphatic hydroxyl groups excluding tert-OH is 1. The smallest absolute Gasteiger partial charge is 0.337 e. The topological polar surface area (TPSA) is 99.2 Å². The van der Waals surface area contributed by atoms with Gasteiger partial charge in [-0.1, -0.05) is 6.07 Å². The van der Waals surface area contributed by atoms with Gasteiger partial charge in [0.1, 0.15) is 5.70 Å². The maximum absolute atomic E-state index is 12.5. The van der Waals surface area contributed by atoms with Crippen molar-refractivity contribution < 1.29 is 24.2 Å².